The molecule has 2 rings (SSSR count). The first-order chi connectivity index (χ1) is 9.59. The third kappa shape index (κ3) is 2.76. The van der Waals surface area contributed by atoms with Crippen LogP contribution in [0, 0.1) is 0 Å². The number of nitrogens with one attached hydrogen (secondary N) is 2. The summed E-state index contributed by atoms with van der Waals surface area (Å²) in [6, 6.07) is 0. The molecule has 1 aromatic heterocycles. The third-order valence-corrected chi connectivity index (χ3v) is 3.74. The molecule has 0 saturated heterocycles. The van der Waals surface area contributed by atoms with Crippen LogP contribution in [0.15, 0.2) is 11.1 Å². The lowest BCUT2D eigenvalue weighted by Crippen LogP contribution is -2.46. The fourth-order valence-corrected chi connectivity index (χ4v) is 2.62. The van der Waals surface area contributed by atoms with E-state index < -0.39 is 17.1 Å². The second-order valence-electron chi connectivity index (χ2n) is 5.04. The molecule has 0 aliphatic heterocycles. The molecule has 0 atom stereocenters. The Kier molecular flexibility index (Phi) is 4.26. The zero-order valence-corrected chi connectivity index (χ0v) is 11.4. The topological polar surface area (TPSA) is 104 Å². The minimum Gasteiger partial charge on any atom is -0.489 e. The second-order valence-corrected chi connectivity index (χ2v) is 5.04. The average Bonchev–Trinajstić information content (AvgIpc) is 2.66. The van der Waals surface area contributed by atoms with Gasteiger partial charge in [-0.05, 0) is 12.8 Å². The van der Waals surface area contributed by atoms with Crippen LogP contribution in [0.3, 0.4) is 0 Å². The van der Waals surface area contributed by atoms with Crippen molar-refractivity contribution in [2.45, 2.75) is 44.1 Å². The zero-order valence-electron chi connectivity index (χ0n) is 11.4. The van der Waals surface area contributed by atoms with Gasteiger partial charge in [0.15, 0.2) is 5.82 Å². The molecule has 0 spiro atoms. The second kappa shape index (κ2) is 5.94. The van der Waals surface area contributed by atoms with Crippen molar-refractivity contribution in [3.05, 3.63) is 16.7 Å². The van der Waals surface area contributed by atoms with Crippen molar-refractivity contribution in [3.63, 3.8) is 0 Å². The molecule has 1 heterocycles. The van der Waals surface area contributed by atoms with Crippen LogP contribution in [0.25, 0.3) is 0 Å². The van der Waals surface area contributed by atoms with Crippen molar-refractivity contribution in [3.8, 4) is 5.75 Å². The summed E-state index contributed by atoms with van der Waals surface area (Å²) in [5.41, 5.74) is -1.51. The minimum absolute atomic E-state index is 0.0115. The molecule has 1 fully saturated rings. The van der Waals surface area contributed by atoms with Gasteiger partial charge >= 0.3 is 5.97 Å². The van der Waals surface area contributed by atoms with Gasteiger partial charge in [-0.1, -0.05) is 25.7 Å². The van der Waals surface area contributed by atoms with Crippen LogP contribution in [0.4, 0.5) is 5.82 Å². The number of aliphatic carboxylic acids is 1. The van der Waals surface area contributed by atoms with Crippen molar-refractivity contribution >= 4 is 11.8 Å². The fourth-order valence-electron chi connectivity index (χ4n) is 2.62. The Morgan fingerprint density at radius 2 is 2.05 bits per heavy atom. The van der Waals surface area contributed by atoms with E-state index in [2.05, 4.69) is 15.3 Å². The maximum absolute atomic E-state index is 11.7. The molecule has 3 N–H and O–H groups in total. The van der Waals surface area contributed by atoms with Gasteiger partial charge in [-0.15, -0.1) is 0 Å². The molecular weight excluding hydrogens is 262 g/mol. The predicted octanol–water partition coefficient (Wildman–Crippen LogP) is 1.37. The van der Waals surface area contributed by atoms with Gasteiger partial charge in [0.05, 0.1) is 13.4 Å². The number of aromatic nitrogens is 2. The van der Waals surface area contributed by atoms with Crippen LogP contribution in [0.5, 0.6) is 5.75 Å². The maximum atomic E-state index is 11.7. The number of anilines is 1. The summed E-state index contributed by atoms with van der Waals surface area (Å²) in [7, 11) is 1.36. The van der Waals surface area contributed by atoms with Crippen LogP contribution in [-0.2, 0) is 4.79 Å². The number of hydrogen-bond donors (Lipinski definition) is 3. The molecule has 1 aromatic rings. The van der Waals surface area contributed by atoms with Crippen LogP contribution in [-0.4, -0.2) is 33.7 Å². The van der Waals surface area contributed by atoms with Crippen LogP contribution >= 0.6 is 0 Å². The number of aromatic amines is 1. The summed E-state index contributed by atoms with van der Waals surface area (Å²) in [4.78, 5) is 29.8. The summed E-state index contributed by atoms with van der Waals surface area (Å²) in [5.74, 6) is -0.721. The van der Waals surface area contributed by atoms with E-state index in [-0.39, 0.29) is 11.6 Å². The molecule has 1 aliphatic rings. The molecule has 110 valence electrons. The number of methoxy groups -OCH3 is 1. The van der Waals surface area contributed by atoms with Gasteiger partial charge in [0.25, 0.3) is 5.56 Å². The average molecular weight is 281 g/mol. The van der Waals surface area contributed by atoms with Gasteiger partial charge < -0.3 is 20.1 Å². The zero-order chi connectivity index (χ0) is 14.6. The molecule has 0 unspecified atom stereocenters. The van der Waals surface area contributed by atoms with E-state index in [1.54, 1.807) is 0 Å². The lowest BCUT2D eigenvalue weighted by molar-refractivity contribution is -0.142. The van der Waals surface area contributed by atoms with Gasteiger partial charge in [0, 0.05) is 0 Å². The first-order valence-electron chi connectivity index (χ1n) is 6.72. The first-order valence-corrected chi connectivity index (χ1v) is 6.72. The highest BCUT2D eigenvalue weighted by molar-refractivity contribution is 5.83. The number of carbonyl (C=O) groups is 1. The molecular formula is C13H19N3O4. The molecule has 7 nitrogen and oxygen atoms in total. The highest BCUT2D eigenvalue weighted by Crippen LogP contribution is 2.32. The molecule has 0 bridgehead atoms. The van der Waals surface area contributed by atoms with E-state index >= 15 is 0 Å². The highest BCUT2D eigenvalue weighted by atomic mass is 16.5. The normalized spacial score (nSPS) is 18.1. The number of hydrogen-bond acceptors (Lipinski definition) is 5. The Hall–Kier alpha value is -2.05. The SMILES string of the molecule is COc1c(NC2(C(=O)O)CCCCCC2)nc[nH]c1=O. The molecule has 0 radical (unpaired) electrons. The molecule has 1 aliphatic carbocycles. The minimum atomic E-state index is -1.08. The van der Waals surface area contributed by atoms with Gasteiger partial charge in [0.1, 0.15) is 5.54 Å². The van der Waals surface area contributed by atoms with Gasteiger partial charge in [-0.25, -0.2) is 9.78 Å². The van der Waals surface area contributed by atoms with Crippen molar-refractivity contribution in [1.82, 2.24) is 9.97 Å². The number of carboxylic acids is 1. The monoisotopic (exact) mass is 281 g/mol. The fraction of sp³-hybridized carbons (Fsp3) is 0.615. The Bertz CT molecular complexity index is 533. The van der Waals surface area contributed by atoms with E-state index in [9.17, 15) is 14.7 Å². The predicted molar refractivity (Wildman–Crippen MR) is 73.1 cm³/mol. The molecule has 7 heteroatoms. The van der Waals surface area contributed by atoms with Crippen molar-refractivity contribution in [2.75, 3.05) is 12.4 Å². The first kappa shape index (κ1) is 14.4. The third-order valence-electron chi connectivity index (χ3n) is 3.74. The van der Waals surface area contributed by atoms with E-state index in [1.165, 1.54) is 13.4 Å². The molecule has 1 saturated carbocycles. The smallest absolute Gasteiger partial charge is 0.329 e. The van der Waals surface area contributed by atoms with Crippen molar-refractivity contribution in [2.24, 2.45) is 0 Å². The van der Waals surface area contributed by atoms with E-state index in [1.807, 2.05) is 0 Å². The summed E-state index contributed by atoms with van der Waals surface area (Å²) in [6.45, 7) is 0. The highest BCUT2D eigenvalue weighted by Gasteiger charge is 2.39. The summed E-state index contributed by atoms with van der Waals surface area (Å²) >= 11 is 0. The Balaban J connectivity index is 2.35. The van der Waals surface area contributed by atoms with E-state index in [0.717, 1.165) is 25.7 Å². The summed E-state index contributed by atoms with van der Waals surface area (Å²) in [5, 5.41) is 12.5. The molecule has 0 amide bonds. The van der Waals surface area contributed by atoms with Crippen molar-refractivity contribution in [1.29, 1.82) is 0 Å². The van der Waals surface area contributed by atoms with Gasteiger partial charge in [-0.3, -0.25) is 4.79 Å². The van der Waals surface area contributed by atoms with Crippen LogP contribution in [0.2, 0.25) is 0 Å². The van der Waals surface area contributed by atoms with Gasteiger partial charge in [-0.2, -0.15) is 0 Å². The van der Waals surface area contributed by atoms with E-state index in [0.29, 0.717) is 12.8 Å². The largest absolute Gasteiger partial charge is 0.489 e. The summed E-state index contributed by atoms with van der Waals surface area (Å²) in [6.07, 6.45) is 5.99. The lowest BCUT2D eigenvalue weighted by atomic mass is 9.90. The van der Waals surface area contributed by atoms with Crippen LogP contribution < -0.4 is 15.6 Å². The number of ether oxygens (including phenoxy) is 1. The maximum Gasteiger partial charge on any atom is 0.329 e. The summed E-state index contributed by atoms with van der Waals surface area (Å²) < 4.78 is 5.01. The molecule has 20 heavy (non-hydrogen) atoms. The Labute approximate surface area is 116 Å². The standard InChI is InChI=1S/C13H19N3O4/c1-20-9-10(14-8-15-11(9)17)16-13(12(18)19)6-4-2-3-5-7-13/h8H,2-7H2,1H3,(H,18,19)(H2,14,15,16,17). The number of rotatable bonds is 4. The Morgan fingerprint density at radius 1 is 1.40 bits per heavy atom. The van der Waals surface area contributed by atoms with E-state index in [4.69, 9.17) is 4.74 Å². The van der Waals surface area contributed by atoms with Crippen LogP contribution in [0.1, 0.15) is 38.5 Å². The number of H-pyrrole nitrogens is 1. The Morgan fingerprint density at radius 3 is 2.60 bits per heavy atom. The number of nitrogens with zero attached hydrogens (tertiary/aromatic N) is 1. The molecule has 0 aromatic carbocycles. The quantitative estimate of drug-likeness (QED) is 0.720. The van der Waals surface area contributed by atoms with Crippen molar-refractivity contribution < 1.29 is 14.6 Å². The lowest BCUT2D eigenvalue weighted by Gasteiger charge is -2.30. The number of carboxylic acid groups (broad SMARTS) is 1. The van der Waals surface area contributed by atoms with Gasteiger partial charge in [0.2, 0.25) is 5.75 Å².